The standard InChI is InChI=1S/C14H30/c1-7-8-9-10-11-14(5,6)12-13(2,3)4/h7-12H2,1-6H3. The Labute approximate surface area is 91.5 Å². The van der Waals surface area contributed by atoms with Crippen molar-refractivity contribution in [2.24, 2.45) is 10.8 Å². The SMILES string of the molecule is CCCCCCC(C)(C)CC(C)(C)C. The van der Waals surface area contributed by atoms with E-state index in [4.69, 9.17) is 0 Å². The van der Waals surface area contributed by atoms with E-state index in [0.29, 0.717) is 10.8 Å². The van der Waals surface area contributed by atoms with Crippen molar-refractivity contribution in [2.75, 3.05) is 0 Å². The van der Waals surface area contributed by atoms with Crippen molar-refractivity contribution in [2.45, 2.75) is 80.1 Å². The Morgan fingerprint density at radius 3 is 1.79 bits per heavy atom. The van der Waals surface area contributed by atoms with Gasteiger partial charge < -0.3 is 0 Å². The van der Waals surface area contributed by atoms with Crippen LogP contribution in [0.15, 0.2) is 0 Å². The Kier molecular flexibility index (Phi) is 5.78. The first kappa shape index (κ1) is 14.0. The van der Waals surface area contributed by atoms with E-state index in [-0.39, 0.29) is 0 Å². The van der Waals surface area contributed by atoms with Crippen LogP contribution in [0.25, 0.3) is 0 Å². The molecule has 0 heterocycles. The molecule has 0 rings (SSSR count). The van der Waals surface area contributed by atoms with Crippen LogP contribution in [-0.4, -0.2) is 0 Å². The van der Waals surface area contributed by atoms with Crippen molar-refractivity contribution >= 4 is 0 Å². The highest BCUT2D eigenvalue weighted by molar-refractivity contribution is 4.76. The number of hydrogen-bond acceptors (Lipinski definition) is 0. The van der Waals surface area contributed by atoms with Crippen LogP contribution in [0.5, 0.6) is 0 Å². The lowest BCUT2D eigenvalue weighted by Gasteiger charge is -2.32. The molecule has 14 heavy (non-hydrogen) atoms. The third kappa shape index (κ3) is 8.59. The van der Waals surface area contributed by atoms with Gasteiger partial charge in [0.2, 0.25) is 0 Å². The van der Waals surface area contributed by atoms with Crippen LogP contribution in [0, 0.1) is 10.8 Å². The van der Waals surface area contributed by atoms with E-state index >= 15 is 0 Å². The second-order valence-corrected chi connectivity index (χ2v) is 6.71. The van der Waals surface area contributed by atoms with Crippen molar-refractivity contribution in [3.63, 3.8) is 0 Å². The summed E-state index contributed by atoms with van der Waals surface area (Å²) < 4.78 is 0. The van der Waals surface area contributed by atoms with Gasteiger partial charge in [-0.15, -0.1) is 0 Å². The normalized spacial score (nSPS) is 13.3. The fourth-order valence-corrected chi connectivity index (χ4v) is 2.55. The van der Waals surface area contributed by atoms with E-state index in [1.165, 1.54) is 38.5 Å². The number of unbranched alkanes of at least 4 members (excludes halogenated alkanes) is 3. The lowest BCUT2D eigenvalue weighted by Crippen LogP contribution is -2.20. The highest BCUT2D eigenvalue weighted by Crippen LogP contribution is 2.36. The first-order valence-corrected chi connectivity index (χ1v) is 6.27. The van der Waals surface area contributed by atoms with Gasteiger partial charge in [0, 0.05) is 0 Å². The largest absolute Gasteiger partial charge is 0.0654 e. The third-order valence-corrected chi connectivity index (χ3v) is 2.72. The van der Waals surface area contributed by atoms with E-state index in [2.05, 4.69) is 41.5 Å². The summed E-state index contributed by atoms with van der Waals surface area (Å²) in [6.45, 7) is 14.2. The summed E-state index contributed by atoms with van der Waals surface area (Å²) in [5.74, 6) is 0. The molecular weight excluding hydrogens is 168 g/mol. The second kappa shape index (κ2) is 5.78. The summed E-state index contributed by atoms with van der Waals surface area (Å²) in [6.07, 6.45) is 8.32. The zero-order valence-corrected chi connectivity index (χ0v) is 11.2. The van der Waals surface area contributed by atoms with Crippen molar-refractivity contribution in [1.29, 1.82) is 0 Å². The fourth-order valence-electron chi connectivity index (χ4n) is 2.55. The molecule has 86 valence electrons. The Morgan fingerprint density at radius 1 is 0.786 bits per heavy atom. The van der Waals surface area contributed by atoms with Crippen LogP contribution >= 0.6 is 0 Å². The lowest BCUT2D eigenvalue weighted by atomic mass is 9.73. The quantitative estimate of drug-likeness (QED) is 0.500. The lowest BCUT2D eigenvalue weighted by molar-refractivity contribution is 0.194. The second-order valence-electron chi connectivity index (χ2n) is 6.71. The summed E-state index contributed by atoms with van der Waals surface area (Å²) >= 11 is 0. The van der Waals surface area contributed by atoms with Gasteiger partial charge in [-0.25, -0.2) is 0 Å². The molecule has 0 amide bonds. The molecule has 0 atom stereocenters. The van der Waals surface area contributed by atoms with Crippen LogP contribution in [0.2, 0.25) is 0 Å². The minimum absolute atomic E-state index is 0.480. The molecule has 0 aliphatic carbocycles. The average molecular weight is 198 g/mol. The highest BCUT2D eigenvalue weighted by atomic mass is 14.3. The van der Waals surface area contributed by atoms with Crippen LogP contribution < -0.4 is 0 Å². The maximum absolute atomic E-state index is 2.42. The number of rotatable bonds is 6. The number of hydrogen-bond donors (Lipinski definition) is 0. The highest BCUT2D eigenvalue weighted by Gasteiger charge is 2.24. The van der Waals surface area contributed by atoms with Gasteiger partial charge in [-0.1, -0.05) is 67.2 Å². The molecule has 0 spiro atoms. The Morgan fingerprint density at radius 2 is 1.36 bits per heavy atom. The average Bonchev–Trinajstić information content (AvgIpc) is 1.93. The minimum Gasteiger partial charge on any atom is -0.0654 e. The van der Waals surface area contributed by atoms with Crippen LogP contribution in [0.1, 0.15) is 80.1 Å². The molecule has 0 heteroatoms. The molecule has 0 N–H and O–H groups in total. The van der Waals surface area contributed by atoms with E-state index in [1.54, 1.807) is 0 Å². The zero-order chi connectivity index (χ0) is 11.2. The van der Waals surface area contributed by atoms with Gasteiger partial charge in [0.25, 0.3) is 0 Å². The van der Waals surface area contributed by atoms with E-state index in [9.17, 15) is 0 Å². The molecule has 0 saturated heterocycles. The fraction of sp³-hybridized carbons (Fsp3) is 1.00. The summed E-state index contributed by atoms with van der Waals surface area (Å²) in [4.78, 5) is 0. The summed E-state index contributed by atoms with van der Waals surface area (Å²) in [5, 5.41) is 0. The van der Waals surface area contributed by atoms with Gasteiger partial charge in [0.05, 0.1) is 0 Å². The van der Waals surface area contributed by atoms with Crippen LogP contribution in [0.4, 0.5) is 0 Å². The molecule has 0 saturated carbocycles. The Hall–Kier alpha value is 0. The molecule has 0 radical (unpaired) electrons. The Balaban J connectivity index is 3.72. The molecule has 0 bridgehead atoms. The molecule has 0 aromatic heterocycles. The zero-order valence-electron chi connectivity index (χ0n) is 11.2. The van der Waals surface area contributed by atoms with Gasteiger partial charge >= 0.3 is 0 Å². The summed E-state index contributed by atoms with van der Waals surface area (Å²) in [6, 6.07) is 0. The van der Waals surface area contributed by atoms with Gasteiger partial charge in [-0.3, -0.25) is 0 Å². The van der Waals surface area contributed by atoms with E-state index in [0.717, 1.165) is 0 Å². The summed E-state index contributed by atoms with van der Waals surface area (Å²) in [5.41, 5.74) is 1.01. The summed E-state index contributed by atoms with van der Waals surface area (Å²) in [7, 11) is 0. The van der Waals surface area contributed by atoms with Crippen molar-refractivity contribution in [3.8, 4) is 0 Å². The molecule has 0 fully saturated rings. The van der Waals surface area contributed by atoms with E-state index < -0.39 is 0 Å². The molecule has 0 aliphatic heterocycles. The minimum atomic E-state index is 0.480. The maximum Gasteiger partial charge on any atom is -0.0349 e. The third-order valence-electron chi connectivity index (χ3n) is 2.72. The van der Waals surface area contributed by atoms with Crippen molar-refractivity contribution < 1.29 is 0 Å². The van der Waals surface area contributed by atoms with Gasteiger partial charge in [0.15, 0.2) is 0 Å². The predicted molar refractivity (Wildman–Crippen MR) is 66.6 cm³/mol. The van der Waals surface area contributed by atoms with Gasteiger partial charge in [-0.2, -0.15) is 0 Å². The predicted octanol–water partition coefficient (Wildman–Crippen LogP) is 5.42. The van der Waals surface area contributed by atoms with Crippen molar-refractivity contribution in [3.05, 3.63) is 0 Å². The maximum atomic E-state index is 2.42. The monoisotopic (exact) mass is 198 g/mol. The van der Waals surface area contributed by atoms with Crippen LogP contribution in [0.3, 0.4) is 0 Å². The molecule has 0 nitrogen and oxygen atoms in total. The van der Waals surface area contributed by atoms with Crippen molar-refractivity contribution in [1.82, 2.24) is 0 Å². The topological polar surface area (TPSA) is 0 Å². The first-order chi connectivity index (χ1) is 6.27. The first-order valence-electron chi connectivity index (χ1n) is 6.27. The molecule has 0 aliphatic rings. The Bertz CT molecular complexity index is 137. The molecular formula is C14H30. The van der Waals surface area contributed by atoms with Crippen LogP contribution in [-0.2, 0) is 0 Å². The molecule has 0 unspecified atom stereocenters. The molecule has 0 aromatic rings. The van der Waals surface area contributed by atoms with Gasteiger partial charge in [0.1, 0.15) is 0 Å². The molecule has 0 aromatic carbocycles. The van der Waals surface area contributed by atoms with Gasteiger partial charge in [-0.05, 0) is 23.7 Å². The smallest absolute Gasteiger partial charge is 0.0349 e. The van der Waals surface area contributed by atoms with E-state index in [1.807, 2.05) is 0 Å².